The first-order chi connectivity index (χ1) is 22.0. The van der Waals surface area contributed by atoms with Gasteiger partial charge in [-0.15, -0.1) is 0 Å². The molecule has 0 saturated carbocycles. The smallest absolute Gasteiger partial charge is 0.417 e. The van der Waals surface area contributed by atoms with Crippen molar-refractivity contribution in [3.63, 3.8) is 0 Å². The summed E-state index contributed by atoms with van der Waals surface area (Å²) in [5.41, 5.74) is 2.27. The number of halogens is 6. The third-order valence-electron chi connectivity index (χ3n) is 9.62. The van der Waals surface area contributed by atoms with Crippen molar-refractivity contribution in [1.29, 1.82) is 0 Å². The first kappa shape index (κ1) is 29.9. The van der Waals surface area contributed by atoms with E-state index in [1.165, 1.54) is 0 Å². The van der Waals surface area contributed by atoms with Crippen molar-refractivity contribution in [2.45, 2.75) is 49.2 Å². The lowest BCUT2D eigenvalue weighted by molar-refractivity contribution is -0.137. The molecule has 2 aromatic carbocycles. The van der Waals surface area contributed by atoms with E-state index in [-0.39, 0.29) is 76.5 Å². The zero-order chi connectivity index (χ0) is 32.0. The minimum absolute atomic E-state index is 0.0433. The van der Waals surface area contributed by atoms with E-state index in [0.717, 1.165) is 42.5 Å². The highest BCUT2D eigenvalue weighted by Gasteiger charge is 2.49. The second-order valence-electron chi connectivity index (χ2n) is 12.4. The number of nitrogens with one attached hydrogen (secondary N) is 1. The van der Waals surface area contributed by atoms with Crippen LogP contribution in [-0.4, -0.2) is 89.6 Å². The Morgan fingerprint density at radius 3 is 2.65 bits per heavy atom. The van der Waals surface area contributed by atoms with E-state index in [4.69, 9.17) is 15.2 Å². The van der Waals surface area contributed by atoms with Crippen LogP contribution in [0.2, 0.25) is 0 Å². The molecule has 4 saturated heterocycles. The molecule has 4 aromatic rings. The van der Waals surface area contributed by atoms with Crippen molar-refractivity contribution < 1.29 is 35.8 Å². The number of piperazine rings is 1. The zero-order valence-corrected chi connectivity index (χ0v) is 25.2. The number of benzene rings is 2. The quantitative estimate of drug-likeness (QED) is 0.288. The number of rotatable bonds is 5. The van der Waals surface area contributed by atoms with Gasteiger partial charge in [-0.05, 0) is 37.6 Å². The number of thiazole rings is 1. The van der Waals surface area contributed by atoms with Crippen molar-refractivity contribution in [2.24, 2.45) is 0 Å². The highest BCUT2D eigenvalue weighted by molar-refractivity contribution is 7.22. The van der Waals surface area contributed by atoms with Crippen molar-refractivity contribution in [1.82, 2.24) is 25.2 Å². The van der Waals surface area contributed by atoms with Gasteiger partial charge in [-0.3, -0.25) is 4.90 Å². The Morgan fingerprint density at radius 2 is 1.89 bits per heavy atom. The van der Waals surface area contributed by atoms with Gasteiger partial charge in [-0.25, -0.2) is 18.2 Å². The molecule has 0 radical (unpaired) electrons. The van der Waals surface area contributed by atoms with Crippen LogP contribution in [0.5, 0.6) is 6.01 Å². The number of nitrogen functional groups attached to an aromatic ring is 1. The summed E-state index contributed by atoms with van der Waals surface area (Å²) >= 11 is 0.756. The SMILES string of the molecule is Nc1nc2c(-c3c(C(F)(F)F)cc4c(N5C6CNCC5COC6)nc(OC[C@@]56CCCN5C[C@H](F)C6)nc4c3F)ccc(F)c2s1. The topological polar surface area (TPSA) is 102 Å². The average molecular weight is 666 g/mol. The predicted molar refractivity (Wildman–Crippen MR) is 160 cm³/mol. The molecule has 0 aliphatic carbocycles. The Morgan fingerprint density at radius 1 is 1.11 bits per heavy atom. The number of hydrogen-bond acceptors (Lipinski definition) is 10. The summed E-state index contributed by atoms with van der Waals surface area (Å²) in [6.45, 7) is 2.58. The fourth-order valence-corrected chi connectivity index (χ4v) is 8.42. The molecule has 16 heteroatoms. The summed E-state index contributed by atoms with van der Waals surface area (Å²) in [5, 5.41) is 3.07. The normalized spacial score (nSPS) is 26.7. The summed E-state index contributed by atoms with van der Waals surface area (Å²) in [6, 6.07) is 2.06. The van der Waals surface area contributed by atoms with Crippen LogP contribution >= 0.6 is 11.3 Å². The number of anilines is 2. The van der Waals surface area contributed by atoms with E-state index >= 15 is 4.39 Å². The molecule has 244 valence electrons. The van der Waals surface area contributed by atoms with Gasteiger partial charge in [0.15, 0.2) is 10.9 Å². The Kier molecular flexibility index (Phi) is 7.01. The van der Waals surface area contributed by atoms with Crippen LogP contribution in [0.4, 0.5) is 37.3 Å². The van der Waals surface area contributed by atoms with Gasteiger partial charge >= 0.3 is 12.2 Å². The molecule has 0 amide bonds. The maximum Gasteiger partial charge on any atom is 0.417 e. The second-order valence-corrected chi connectivity index (χ2v) is 13.5. The summed E-state index contributed by atoms with van der Waals surface area (Å²) in [4.78, 5) is 16.9. The number of nitrogens with two attached hydrogens (primary N) is 1. The third kappa shape index (κ3) is 4.75. The first-order valence-corrected chi connectivity index (χ1v) is 15.9. The predicted octanol–water partition coefficient (Wildman–Crippen LogP) is 4.92. The molecule has 4 atom stereocenters. The highest BCUT2D eigenvalue weighted by Crippen LogP contribution is 2.47. The maximum atomic E-state index is 16.9. The first-order valence-electron chi connectivity index (χ1n) is 15.1. The molecule has 4 aliphatic rings. The summed E-state index contributed by atoms with van der Waals surface area (Å²) in [6.07, 6.45) is -4.17. The van der Waals surface area contributed by atoms with E-state index < -0.39 is 46.2 Å². The minimum atomic E-state index is -5.02. The lowest BCUT2D eigenvalue weighted by atomic mass is 9.94. The molecule has 9 nitrogen and oxygen atoms in total. The fraction of sp³-hybridized carbons (Fsp3) is 0.500. The molecule has 8 rings (SSSR count). The number of hydrogen-bond donors (Lipinski definition) is 2. The van der Waals surface area contributed by atoms with E-state index in [1.54, 1.807) is 0 Å². The molecule has 4 fully saturated rings. The molecule has 2 aromatic heterocycles. The van der Waals surface area contributed by atoms with Crippen LogP contribution in [-0.2, 0) is 10.9 Å². The maximum absolute atomic E-state index is 16.9. The van der Waals surface area contributed by atoms with E-state index in [1.807, 2.05) is 9.80 Å². The van der Waals surface area contributed by atoms with Crippen molar-refractivity contribution in [3.05, 3.63) is 35.4 Å². The van der Waals surface area contributed by atoms with Gasteiger partial charge in [0, 0.05) is 42.6 Å². The number of aromatic nitrogens is 3. The molecule has 2 unspecified atom stereocenters. The Labute approximate surface area is 262 Å². The zero-order valence-electron chi connectivity index (χ0n) is 24.3. The Balaban J connectivity index is 1.34. The standard InChI is InChI=1S/C30H29F6N7O2S/c31-14-7-29(4-1-5-42(29)10-14)13-45-28-40-23-18(26(41-28)43-15-8-38-9-16(43)12-44-11-15)6-19(30(34,35)36)21(22(23)33)17-2-3-20(32)25-24(17)39-27(37)46-25/h2-3,6,14-16,38H,1,4-5,7-13H2,(H2,37,39)/t14-,15?,16?,29+/m1/s1. The van der Waals surface area contributed by atoms with Gasteiger partial charge in [0.25, 0.3) is 0 Å². The van der Waals surface area contributed by atoms with Crippen LogP contribution in [0.3, 0.4) is 0 Å². The van der Waals surface area contributed by atoms with Gasteiger partial charge < -0.3 is 25.4 Å². The van der Waals surface area contributed by atoms with Crippen molar-refractivity contribution >= 4 is 43.4 Å². The Hall–Kier alpha value is -3.47. The van der Waals surface area contributed by atoms with Crippen LogP contribution in [0.1, 0.15) is 24.8 Å². The molecule has 4 aliphatic heterocycles. The highest BCUT2D eigenvalue weighted by atomic mass is 32.1. The number of nitrogens with zero attached hydrogens (tertiary/aromatic N) is 5. The van der Waals surface area contributed by atoms with Gasteiger partial charge in [-0.2, -0.15) is 23.1 Å². The van der Waals surface area contributed by atoms with Gasteiger partial charge in [0.05, 0.1) is 46.6 Å². The van der Waals surface area contributed by atoms with Gasteiger partial charge in [0.1, 0.15) is 29.9 Å². The van der Waals surface area contributed by atoms with Crippen molar-refractivity contribution in [3.8, 4) is 17.1 Å². The number of fused-ring (bicyclic) bond motifs is 5. The number of ether oxygens (including phenoxy) is 2. The summed E-state index contributed by atoms with van der Waals surface area (Å²) < 4.78 is 102. The molecular weight excluding hydrogens is 636 g/mol. The molecule has 0 spiro atoms. The van der Waals surface area contributed by atoms with E-state index in [2.05, 4.69) is 20.3 Å². The summed E-state index contributed by atoms with van der Waals surface area (Å²) in [7, 11) is 0. The lowest BCUT2D eigenvalue weighted by Gasteiger charge is -2.47. The van der Waals surface area contributed by atoms with E-state index in [0.29, 0.717) is 26.1 Å². The third-order valence-corrected chi connectivity index (χ3v) is 10.5. The average Bonchev–Trinajstić information content (AvgIpc) is 3.67. The monoisotopic (exact) mass is 665 g/mol. The fourth-order valence-electron chi connectivity index (χ4n) is 7.66. The molecule has 3 N–H and O–H groups in total. The molecular formula is C30H29F6N7O2S. The van der Waals surface area contributed by atoms with Gasteiger partial charge in [0.2, 0.25) is 0 Å². The molecule has 46 heavy (non-hydrogen) atoms. The van der Waals surface area contributed by atoms with E-state index in [9.17, 15) is 22.0 Å². The van der Waals surface area contributed by atoms with Crippen LogP contribution in [0, 0.1) is 11.6 Å². The largest absolute Gasteiger partial charge is 0.461 e. The van der Waals surface area contributed by atoms with Crippen LogP contribution < -0.4 is 20.7 Å². The summed E-state index contributed by atoms with van der Waals surface area (Å²) in [5.74, 6) is -1.92. The lowest BCUT2D eigenvalue weighted by Crippen LogP contribution is -2.64. The number of alkyl halides is 4. The van der Waals surface area contributed by atoms with Gasteiger partial charge in [-0.1, -0.05) is 11.3 Å². The number of morpholine rings is 1. The molecule has 2 bridgehead atoms. The minimum Gasteiger partial charge on any atom is -0.461 e. The Bertz CT molecular complexity index is 1830. The molecule has 6 heterocycles. The van der Waals surface area contributed by atoms with Crippen molar-refractivity contribution in [2.75, 3.05) is 56.6 Å². The van der Waals surface area contributed by atoms with Crippen LogP contribution in [0.15, 0.2) is 18.2 Å². The second kappa shape index (κ2) is 10.8. The van der Waals surface area contributed by atoms with Crippen LogP contribution in [0.25, 0.3) is 32.2 Å².